The summed E-state index contributed by atoms with van der Waals surface area (Å²) in [6, 6.07) is 19.7. The maximum absolute atomic E-state index is 10.2. The van der Waals surface area contributed by atoms with E-state index in [0.29, 0.717) is 17.7 Å². The molecule has 0 fully saturated rings. The molecule has 3 aromatic rings. The molecule has 0 aliphatic rings. The van der Waals surface area contributed by atoms with Crippen LogP contribution in [0.25, 0.3) is 0 Å². The number of phenols is 2. The van der Waals surface area contributed by atoms with Crippen molar-refractivity contribution in [1.82, 2.24) is 10.3 Å². The van der Waals surface area contributed by atoms with E-state index in [0.717, 1.165) is 5.69 Å². The van der Waals surface area contributed by atoms with Gasteiger partial charge in [0, 0.05) is 23.9 Å². The van der Waals surface area contributed by atoms with E-state index < -0.39 is 0 Å². The Labute approximate surface area is 135 Å². The van der Waals surface area contributed by atoms with E-state index in [1.54, 1.807) is 30.5 Å². The molecule has 0 amide bonds. The zero-order valence-corrected chi connectivity index (χ0v) is 12.6. The van der Waals surface area contributed by atoms with Crippen molar-refractivity contribution in [3.05, 3.63) is 89.7 Å². The highest BCUT2D eigenvalue weighted by Crippen LogP contribution is 2.33. The molecule has 3 rings (SSSR count). The Bertz CT molecular complexity index is 730. The second kappa shape index (κ2) is 6.94. The first kappa shape index (κ1) is 15.1. The van der Waals surface area contributed by atoms with Crippen LogP contribution in [0.2, 0.25) is 0 Å². The number of pyridine rings is 1. The van der Waals surface area contributed by atoms with Crippen molar-refractivity contribution in [3.8, 4) is 11.5 Å². The number of hydrogen-bond acceptors (Lipinski definition) is 4. The van der Waals surface area contributed by atoms with Gasteiger partial charge in [-0.05, 0) is 24.3 Å². The highest BCUT2D eigenvalue weighted by Gasteiger charge is 2.19. The zero-order valence-electron chi connectivity index (χ0n) is 12.6. The van der Waals surface area contributed by atoms with E-state index in [1.807, 2.05) is 42.5 Å². The van der Waals surface area contributed by atoms with E-state index in [9.17, 15) is 10.2 Å². The Morgan fingerprint density at radius 2 is 1.35 bits per heavy atom. The maximum atomic E-state index is 10.2. The van der Waals surface area contributed by atoms with Crippen molar-refractivity contribution in [2.75, 3.05) is 0 Å². The van der Waals surface area contributed by atoms with Gasteiger partial charge in [0.1, 0.15) is 11.5 Å². The smallest absolute Gasteiger partial charge is 0.120 e. The molecule has 0 radical (unpaired) electrons. The highest BCUT2D eigenvalue weighted by atomic mass is 16.3. The lowest BCUT2D eigenvalue weighted by Gasteiger charge is -2.21. The molecule has 4 nitrogen and oxygen atoms in total. The second-order valence-corrected chi connectivity index (χ2v) is 5.25. The van der Waals surface area contributed by atoms with Gasteiger partial charge in [0.2, 0.25) is 0 Å². The van der Waals surface area contributed by atoms with Gasteiger partial charge in [0.05, 0.1) is 11.7 Å². The van der Waals surface area contributed by atoms with Crippen molar-refractivity contribution in [1.29, 1.82) is 0 Å². The number of aromatic hydroxyl groups is 2. The second-order valence-electron chi connectivity index (χ2n) is 5.25. The molecule has 0 atom stereocenters. The zero-order chi connectivity index (χ0) is 16.1. The third-order valence-electron chi connectivity index (χ3n) is 3.71. The SMILES string of the molecule is Oc1ccccc1C(NCc1ccccn1)c1ccccc1O. The van der Waals surface area contributed by atoms with Gasteiger partial charge in [-0.2, -0.15) is 0 Å². The lowest BCUT2D eigenvalue weighted by atomic mass is 9.97. The molecule has 0 bridgehead atoms. The van der Waals surface area contributed by atoms with Crippen LogP contribution in [0.4, 0.5) is 0 Å². The quantitative estimate of drug-likeness (QED) is 0.676. The van der Waals surface area contributed by atoms with Crippen LogP contribution in [0.15, 0.2) is 72.9 Å². The van der Waals surface area contributed by atoms with Crippen LogP contribution in [0.3, 0.4) is 0 Å². The molecule has 0 saturated heterocycles. The molecule has 116 valence electrons. The van der Waals surface area contributed by atoms with Gasteiger partial charge in [-0.1, -0.05) is 42.5 Å². The molecular weight excluding hydrogens is 288 g/mol. The summed E-state index contributed by atoms with van der Waals surface area (Å²) < 4.78 is 0. The Kier molecular flexibility index (Phi) is 4.54. The minimum atomic E-state index is -0.334. The molecule has 23 heavy (non-hydrogen) atoms. The summed E-state index contributed by atoms with van der Waals surface area (Å²) in [6.07, 6.45) is 1.74. The van der Waals surface area contributed by atoms with Crippen LogP contribution in [0, 0.1) is 0 Å². The van der Waals surface area contributed by atoms with Crippen LogP contribution in [-0.2, 0) is 6.54 Å². The molecule has 0 unspecified atom stereocenters. The Morgan fingerprint density at radius 1 is 0.783 bits per heavy atom. The average Bonchev–Trinajstić information content (AvgIpc) is 2.59. The molecule has 0 spiro atoms. The van der Waals surface area contributed by atoms with E-state index >= 15 is 0 Å². The molecule has 0 aliphatic heterocycles. The summed E-state index contributed by atoms with van der Waals surface area (Å²) >= 11 is 0. The van der Waals surface area contributed by atoms with E-state index in [1.165, 1.54) is 0 Å². The molecule has 1 heterocycles. The van der Waals surface area contributed by atoms with Gasteiger partial charge in [0.25, 0.3) is 0 Å². The Balaban J connectivity index is 1.94. The van der Waals surface area contributed by atoms with Crippen molar-refractivity contribution in [3.63, 3.8) is 0 Å². The first-order valence-electron chi connectivity index (χ1n) is 7.45. The van der Waals surface area contributed by atoms with Gasteiger partial charge < -0.3 is 15.5 Å². The fraction of sp³-hybridized carbons (Fsp3) is 0.105. The summed E-state index contributed by atoms with van der Waals surface area (Å²) in [5.41, 5.74) is 2.32. The molecular formula is C19H18N2O2. The van der Waals surface area contributed by atoms with Crippen molar-refractivity contribution >= 4 is 0 Å². The lowest BCUT2D eigenvalue weighted by Crippen LogP contribution is -2.22. The minimum Gasteiger partial charge on any atom is -0.508 e. The number of hydrogen-bond donors (Lipinski definition) is 3. The lowest BCUT2D eigenvalue weighted by molar-refractivity contribution is 0.441. The number of nitrogens with one attached hydrogen (secondary N) is 1. The van der Waals surface area contributed by atoms with Crippen LogP contribution in [0.5, 0.6) is 11.5 Å². The topological polar surface area (TPSA) is 65.4 Å². The van der Waals surface area contributed by atoms with Gasteiger partial charge in [-0.3, -0.25) is 4.98 Å². The first-order chi connectivity index (χ1) is 11.3. The fourth-order valence-electron chi connectivity index (χ4n) is 2.56. The predicted octanol–water partition coefficient (Wildman–Crippen LogP) is 3.37. The average molecular weight is 306 g/mol. The fourth-order valence-corrected chi connectivity index (χ4v) is 2.56. The molecule has 1 aromatic heterocycles. The monoisotopic (exact) mass is 306 g/mol. The standard InChI is InChI=1S/C19H18N2O2/c22-17-10-3-1-8-15(17)19(16-9-2-4-11-18(16)23)21-13-14-7-5-6-12-20-14/h1-12,19,21-23H,13H2. The summed E-state index contributed by atoms with van der Waals surface area (Å²) in [7, 11) is 0. The van der Waals surface area contributed by atoms with Crippen LogP contribution in [-0.4, -0.2) is 15.2 Å². The van der Waals surface area contributed by atoms with Crippen LogP contribution in [0.1, 0.15) is 22.9 Å². The normalized spacial score (nSPS) is 10.8. The Hall–Kier alpha value is -2.85. The summed E-state index contributed by atoms with van der Waals surface area (Å²) in [6.45, 7) is 0.522. The van der Waals surface area contributed by atoms with Gasteiger partial charge in [-0.15, -0.1) is 0 Å². The number of benzene rings is 2. The summed E-state index contributed by atoms with van der Waals surface area (Å²) in [5.74, 6) is 0.378. The number of aromatic nitrogens is 1. The van der Waals surface area contributed by atoms with Gasteiger partial charge >= 0.3 is 0 Å². The number of nitrogens with zero attached hydrogens (tertiary/aromatic N) is 1. The first-order valence-corrected chi connectivity index (χ1v) is 7.45. The largest absolute Gasteiger partial charge is 0.508 e. The molecule has 0 aliphatic carbocycles. The van der Waals surface area contributed by atoms with E-state index in [4.69, 9.17) is 0 Å². The van der Waals surface area contributed by atoms with Crippen LogP contribution >= 0.6 is 0 Å². The molecule has 3 N–H and O–H groups in total. The number of phenolic OH excluding ortho intramolecular Hbond substituents is 2. The minimum absolute atomic E-state index is 0.189. The van der Waals surface area contributed by atoms with Crippen molar-refractivity contribution in [2.24, 2.45) is 0 Å². The van der Waals surface area contributed by atoms with Crippen molar-refractivity contribution < 1.29 is 10.2 Å². The molecule has 4 heteroatoms. The predicted molar refractivity (Wildman–Crippen MR) is 89.1 cm³/mol. The third kappa shape index (κ3) is 3.49. The molecule has 0 saturated carbocycles. The summed E-state index contributed by atoms with van der Waals surface area (Å²) in [4.78, 5) is 4.30. The number of rotatable bonds is 5. The van der Waals surface area contributed by atoms with Crippen LogP contribution < -0.4 is 5.32 Å². The Morgan fingerprint density at radius 3 is 1.87 bits per heavy atom. The molecule has 2 aromatic carbocycles. The van der Waals surface area contributed by atoms with E-state index in [-0.39, 0.29) is 17.5 Å². The maximum Gasteiger partial charge on any atom is 0.120 e. The van der Waals surface area contributed by atoms with Gasteiger partial charge in [0.15, 0.2) is 0 Å². The highest BCUT2D eigenvalue weighted by molar-refractivity contribution is 5.45. The van der Waals surface area contributed by atoms with E-state index in [2.05, 4.69) is 10.3 Å². The third-order valence-corrected chi connectivity index (χ3v) is 3.71. The van der Waals surface area contributed by atoms with Gasteiger partial charge in [-0.25, -0.2) is 0 Å². The van der Waals surface area contributed by atoms with Crippen molar-refractivity contribution in [2.45, 2.75) is 12.6 Å². The number of para-hydroxylation sites is 2. The summed E-state index contributed by atoms with van der Waals surface area (Å²) in [5, 5.41) is 23.8.